The van der Waals surface area contributed by atoms with Crippen LogP contribution in [0.15, 0.2) is 24.3 Å². The maximum atomic E-state index is 12.6. The molecule has 0 saturated heterocycles. The molecule has 0 unspecified atom stereocenters. The summed E-state index contributed by atoms with van der Waals surface area (Å²) in [5.74, 6) is -0.879. The SMILES string of the molecule is CCOC(=O)CCN(CCOCCO)C(=O)c1cccc([N+](=O)[O-])c1. The van der Waals surface area contributed by atoms with Crippen LogP contribution >= 0.6 is 0 Å². The first-order chi connectivity index (χ1) is 12.0. The van der Waals surface area contributed by atoms with Gasteiger partial charge in [-0.3, -0.25) is 19.7 Å². The Balaban J connectivity index is 2.80. The number of rotatable bonds is 11. The molecule has 0 aromatic heterocycles. The molecule has 0 aliphatic rings. The molecule has 0 aliphatic carbocycles. The summed E-state index contributed by atoms with van der Waals surface area (Å²) in [4.78, 5) is 35.8. The van der Waals surface area contributed by atoms with Crippen molar-refractivity contribution < 1.29 is 29.1 Å². The zero-order valence-corrected chi connectivity index (χ0v) is 14.1. The Morgan fingerprint density at radius 1 is 1.28 bits per heavy atom. The normalized spacial score (nSPS) is 10.3. The second-order valence-electron chi connectivity index (χ2n) is 4.99. The number of esters is 1. The van der Waals surface area contributed by atoms with E-state index in [1.165, 1.54) is 29.2 Å². The van der Waals surface area contributed by atoms with E-state index in [0.717, 1.165) is 0 Å². The van der Waals surface area contributed by atoms with E-state index in [4.69, 9.17) is 14.6 Å². The average molecular weight is 354 g/mol. The van der Waals surface area contributed by atoms with E-state index in [1.54, 1.807) is 6.92 Å². The smallest absolute Gasteiger partial charge is 0.307 e. The molecule has 1 N–H and O–H groups in total. The minimum Gasteiger partial charge on any atom is -0.466 e. The maximum Gasteiger partial charge on any atom is 0.307 e. The van der Waals surface area contributed by atoms with Crippen molar-refractivity contribution in [3.05, 3.63) is 39.9 Å². The molecule has 1 amide bonds. The van der Waals surface area contributed by atoms with Gasteiger partial charge < -0.3 is 19.5 Å². The molecule has 1 rings (SSSR count). The molecule has 0 fully saturated rings. The monoisotopic (exact) mass is 354 g/mol. The Kier molecular flexibility index (Phi) is 9.12. The number of carbonyl (C=O) groups is 2. The van der Waals surface area contributed by atoms with Gasteiger partial charge in [-0.25, -0.2) is 0 Å². The Bertz CT molecular complexity index is 592. The molecule has 0 aliphatic heterocycles. The molecule has 25 heavy (non-hydrogen) atoms. The van der Waals surface area contributed by atoms with Crippen molar-refractivity contribution in [1.82, 2.24) is 4.90 Å². The Hall–Kier alpha value is -2.52. The largest absolute Gasteiger partial charge is 0.466 e. The fourth-order valence-corrected chi connectivity index (χ4v) is 2.05. The van der Waals surface area contributed by atoms with Gasteiger partial charge in [0.05, 0.1) is 37.8 Å². The van der Waals surface area contributed by atoms with E-state index in [2.05, 4.69) is 0 Å². The minimum absolute atomic E-state index is 0.00844. The number of nitrogens with zero attached hydrogens (tertiary/aromatic N) is 2. The third-order valence-electron chi connectivity index (χ3n) is 3.22. The van der Waals surface area contributed by atoms with Gasteiger partial charge >= 0.3 is 5.97 Å². The molecule has 9 nitrogen and oxygen atoms in total. The summed E-state index contributed by atoms with van der Waals surface area (Å²) in [6, 6.07) is 5.39. The number of aliphatic hydroxyl groups is 1. The first-order valence-corrected chi connectivity index (χ1v) is 7.87. The van der Waals surface area contributed by atoms with Gasteiger partial charge in [0.2, 0.25) is 0 Å². The highest BCUT2D eigenvalue weighted by atomic mass is 16.6. The van der Waals surface area contributed by atoms with Gasteiger partial charge in [0.25, 0.3) is 11.6 Å². The molecule has 0 atom stereocenters. The van der Waals surface area contributed by atoms with Gasteiger partial charge in [-0.2, -0.15) is 0 Å². The quantitative estimate of drug-likeness (QED) is 0.272. The molecular weight excluding hydrogens is 332 g/mol. The molecule has 0 saturated carbocycles. The van der Waals surface area contributed by atoms with Crippen LogP contribution in [-0.4, -0.2) is 66.3 Å². The number of nitro benzene ring substituents is 1. The number of amides is 1. The highest BCUT2D eigenvalue weighted by molar-refractivity contribution is 5.95. The first kappa shape index (κ1) is 20.5. The number of hydrogen-bond donors (Lipinski definition) is 1. The molecule has 9 heteroatoms. The molecular formula is C16H22N2O7. The van der Waals surface area contributed by atoms with E-state index in [-0.39, 0.29) is 57.2 Å². The molecule has 1 aromatic rings. The number of aliphatic hydroxyl groups excluding tert-OH is 1. The number of ether oxygens (including phenoxy) is 2. The van der Waals surface area contributed by atoms with E-state index in [9.17, 15) is 19.7 Å². The zero-order chi connectivity index (χ0) is 18.7. The van der Waals surface area contributed by atoms with Crippen LogP contribution in [0, 0.1) is 10.1 Å². The summed E-state index contributed by atoms with van der Waals surface area (Å²) in [5.41, 5.74) is -0.0343. The standard InChI is InChI=1S/C16H22N2O7/c1-2-25-15(20)6-7-17(8-10-24-11-9-19)16(21)13-4-3-5-14(12-13)18(22)23/h3-5,12,19H,2,6-11H2,1H3. The van der Waals surface area contributed by atoms with E-state index in [0.29, 0.717) is 0 Å². The van der Waals surface area contributed by atoms with Crippen LogP contribution in [0.3, 0.4) is 0 Å². The fraction of sp³-hybridized carbons (Fsp3) is 0.500. The lowest BCUT2D eigenvalue weighted by molar-refractivity contribution is -0.384. The summed E-state index contributed by atoms with van der Waals surface area (Å²) in [5, 5.41) is 19.6. The van der Waals surface area contributed by atoms with Crippen LogP contribution in [0.1, 0.15) is 23.7 Å². The Labute approximate surface area is 145 Å². The van der Waals surface area contributed by atoms with Gasteiger partial charge in [-0.1, -0.05) is 6.07 Å². The third-order valence-corrected chi connectivity index (χ3v) is 3.22. The highest BCUT2D eigenvalue weighted by Crippen LogP contribution is 2.15. The van der Waals surface area contributed by atoms with E-state index < -0.39 is 16.8 Å². The second-order valence-corrected chi connectivity index (χ2v) is 4.99. The van der Waals surface area contributed by atoms with Crippen molar-refractivity contribution >= 4 is 17.6 Å². The minimum atomic E-state index is -0.579. The number of non-ortho nitro benzene ring substituents is 1. The Morgan fingerprint density at radius 3 is 2.68 bits per heavy atom. The van der Waals surface area contributed by atoms with Crippen molar-refractivity contribution in [2.75, 3.05) is 39.5 Å². The fourth-order valence-electron chi connectivity index (χ4n) is 2.05. The first-order valence-electron chi connectivity index (χ1n) is 7.87. The van der Waals surface area contributed by atoms with Crippen LogP contribution in [0.2, 0.25) is 0 Å². The van der Waals surface area contributed by atoms with Crippen molar-refractivity contribution in [3.63, 3.8) is 0 Å². The molecule has 0 spiro atoms. The number of hydrogen-bond acceptors (Lipinski definition) is 7. The van der Waals surface area contributed by atoms with E-state index in [1.807, 2.05) is 0 Å². The summed E-state index contributed by atoms with van der Waals surface area (Å²) < 4.78 is 9.99. The average Bonchev–Trinajstić information content (AvgIpc) is 2.61. The van der Waals surface area contributed by atoms with E-state index >= 15 is 0 Å². The lowest BCUT2D eigenvalue weighted by Gasteiger charge is -2.22. The molecule has 1 aromatic carbocycles. The van der Waals surface area contributed by atoms with Crippen LogP contribution in [-0.2, 0) is 14.3 Å². The van der Waals surface area contributed by atoms with Crippen LogP contribution in [0.5, 0.6) is 0 Å². The number of nitro groups is 1. The maximum absolute atomic E-state index is 12.6. The molecule has 0 radical (unpaired) electrons. The van der Waals surface area contributed by atoms with Gasteiger partial charge in [-0.15, -0.1) is 0 Å². The summed E-state index contributed by atoms with van der Waals surface area (Å²) in [6.45, 7) is 2.39. The molecule has 0 bridgehead atoms. The second kappa shape index (κ2) is 11.1. The summed E-state index contributed by atoms with van der Waals surface area (Å²) >= 11 is 0. The number of carbonyl (C=O) groups excluding carboxylic acids is 2. The highest BCUT2D eigenvalue weighted by Gasteiger charge is 2.19. The number of benzene rings is 1. The summed E-state index contributed by atoms with van der Waals surface area (Å²) in [6.07, 6.45) is 0.00844. The van der Waals surface area contributed by atoms with Crippen molar-refractivity contribution in [2.45, 2.75) is 13.3 Å². The van der Waals surface area contributed by atoms with Gasteiger partial charge in [0, 0.05) is 30.8 Å². The van der Waals surface area contributed by atoms with Crippen LogP contribution in [0.25, 0.3) is 0 Å². The lowest BCUT2D eigenvalue weighted by Crippen LogP contribution is -2.36. The Morgan fingerprint density at radius 2 is 2.04 bits per heavy atom. The van der Waals surface area contributed by atoms with Crippen LogP contribution in [0.4, 0.5) is 5.69 Å². The lowest BCUT2D eigenvalue weighted by atomic mass is 10.1. The predicted molar refractivity (Wildman–Crippen MR) is 88.2 cm³/mol. The molecule has 0 heterocycles. The van der Waals surface area contributed by atoms with Crippen molar-refractivity contribution in [1.29, 1.82) is 0 Å². The summed E-state index contributed by atoms with van der Waals surface area (Å²) in [7, 11) is 0. The molecule has 138 valence electrons. The van der Waals surface area contributed by atoms with Crippen molar-refractivity contribution in [2.24, 2.45) is 0 Å². The third kappa shape index (κ3) is 7.27. The van der Waals surface area contributed by atoms with Crippen molar-refractivity contribution in [3.8, 4) is 0 Å². The van der Waals surface area contributed by atoms with Gasteiger partial charge in [0.15, 0.2) is 0 Å². The topological polar surface area (TPSA) is 119 Å². The predicted octanol–water partition coefficient (Wildman–Crippen LogP) is 0.999. The zero-order valence-electron chi connectivity index (χ0n) is 14.1. The van der Waals surface area contributed by atoms with Gasteiger partial charge in [-0.05, 0) is 13.0 Å². The van der Waals surface area contributed by atoms with Crippen LogP contribution < -0.4 is 0 Å². The van der Waals surface area contributed by atoms with Gasteiger partial charge in [0.1, 0.15) is 0 Å².